The Kier molecular flexibility index (Phi) is 4.29. The van der Waals surface area contributed by atoms with E-state index in [1.165, 1.54) is 37.9 Å². The Morgan fingerprint density at radius 1 is 1.14 bits per heavy atom. The zero-order valence-corrected chi connectivity index (χ0v) is 12.9. The van der Waals surface area contributed by atoms with Crippen molar-refractivity contribution < 1.29 is 0 Å². The lowest BCUT2D eigenvalue weighted by Gasteiger charge is -2.26. The molecule has 1 N–H and O–H groups in total. The van der Waals surface area contributed by atoms with E-state index in [-0.39, 0.29) is 0 Å². The van der Waals surface area contributed by atoms with Gasteiger partial charge in [-0.15, -0.1) is 0 Å². The Morgan fingerprint density at radius 2 is 1.95 bits per heavy atom. The average molecular weight is 285 g/mol. The number of nitrogens with zero attached hydrogens (tertiary/aromatic N) is 4. The molecule has 0 amide bonds. The molecule has 0 aliphatic carbocycles. The minimum Gasteiger partial charge on any atom is -0.368 e. The van der Waals surface area contributed by atoms with Crippen LogP contribution in [-0.4, -0.2) is 46.0 Å². The highest BCUT2D eigenvalue weighted by atomic mass is 15.1. The van der Waals surface area contributed by atoms with Gasteiger partial charge in [0.1, 0.15) is 12.1 Å². The second-order valence-corrected chi connectivity index (χ2v) is 5.83. The van der Waals surface area contributed by atoms with Crippen molar-refractivity contribution >= 4 is 16.9 Å². The summed E-state index contributed by atoms with van der Waals surface area (Å²) in [5, 5.41) is 4.51. The first kappa shape index (κ1) is 14.2. The lowest BCUT2D eigenvalue weighted by Crippen LogP contribution is -2.33. The van der Waals surface area contributed by atoms with Gasteiger partial charge in [-0.2, -0.15) is 0 Å². The molecule has 0 aromatic carbocycles. The van der Waals surface area contributed by atoms with Gasteiger partial charge in [0.25, 0.3) is 0 Å². The number of likely N-dealkylation sites (tertiary alicyclic amines) is 1. The first-order chi connectivity index (χ1) is 10.2. The molecule has 0 radical (unpaired) electrons. The fourth-order valence-electron chi connectivity index (χ4n) is 3.06. The Balaban J connectivity index is 1.71. The van der Waals surface area contributed by atoms with E-state index in [4.69, 9.17) is 0 Å². The minimum atomic E-state index is 0.781. The number of anilines is 1. The van der Waals surface area contributed by atoms with Crippen LogP contribution in [0.1, 0.15) is 30.5 Å². The van der Waals surface area contributed by atoms with Gasteiger partial charge in [0, 0.05) is 18.8 Å². The Labute approximate surface area is 125 Å². The van der Waals surface area contributed by atoms with Gasteiger partial charge in [0.2, 0.25) is 0 Å². The number of piperidine rings is 1. The monoisotopic (exact) mass is 285 g/mol. The summed E-state index contributed by atoms with van der Waals surface area (Å²) >= 11 is 0. The summed E-state index contributed by atoms with van der Waals surface area (Å²) < 4.78 is 0. The number of pyridine rings is 1. The average Bonchev–Trinajstić information content (AvgIpc) is 2.48. The molecule has 0 atom stereocenters. The zero-order chi connectivity index (χ0) is 14.7. The molecule has 5 nitrogen and oxygen atoms in total. The van der Waals surface area contributed by atoms with Crippen molar-refractivity contribution in [3.63, 3.8) is 0 Å². The van der Waals surface area contributed by atoms with Gasteiger partial charge in [0.15, 0.2) is 5.65 Å². The highest BCUT2D eigenvalue weighted by Gasteiger charge is 2.11. The Morgan fingerprint density at radius 3 is 2.76 bits per heavy atom. The zero-order valence-electron chi connectivity index (χ0n) is 12.9. The summed E-state index contributed by atoms with van der Waals surface area (Å²) in [4.78, 5) is 15.7. The van der Waals surface area contributed by atoms with Crippen molar-refractivity contribution in [3.05, 3.63) is 23.7 Å². The topological polar surface area (TPSA) is 53.9 Å². The van der Waals surface area contributed by atoms with Gasteiger partial charge < -0.3 is 10.2 Å². The summed E-state index contributed by atoms with van der Waals surface area (Å²) in [7, 11) is 0. The molecular weight excluding hydrogens is 262 g/mol. The largest absolute Gasteiger partial charge is 0.368 e. The second-order valence-electron chi connectivity index (χ2n) is 5.83. The summed E-state index contributed by atoms with van der Waals surface area (Å²) in [5.41, 5.74) is 2.96. The highest BCUT2D eigenvalue weighted by molar-refractivity contribution is 5.89. The highest BCUT2D eigenvalue weighted by Crippen LogP contribution is 2.22. The molecule has 2 aromatic heterocycles. The summed E-state index contributed by atoms with van der Waals surface area (Å²) in [6.07, 6.45) is 5.64. The maximum absolute atomic E-state index is 4.49. The van der Waals surface area contributed by atoms with E-state index in [0.29, 0.717) is 0 Å². The van der Waals surface area contributed by atoms with Crippen LogP contribution in [0.25, 0.3) is 11.0 Å². The number of aromatic nitrogens is 3. The smallest absolute Gasteiger partial charge is 0.165 e. The third kappa shape index (κ3) is 3.29. The molecule has 112 valence electrons. The van der Waals surface area contributed by atoms with Crippen LogP contribution in [0.5, 0.6) is 0 Å². The summed E-state index contributed by atoms with van der Waals surface area (Å²) in [6, 6.07) is 2.08. The van der Waals surface area contributed by atoms with E-state index < -0.39 is 0 Å². The predicted molar refractivity (Wildman–Crippen MR) is 85.6 cm³/mol. The lowest BCUT2D eigenvalue weighted by atomic mass is 10.1. The van der Waals surface area contributed by atoms with Gasteiger partial charge in [-0.25, -0.2) is 15.0 Å². The summed E-state index contributed by atoms with van der Waals surface area (Å²) in [5.74, 6) is 0.905. The van der Waals surface area contributed by atoms with Crippen molar-refractivity contribution in [2.75, 3.05) is 31.5 Å². The van der Waals surface area contributed by atoms with E-state index in [2.05, 4.69) is 38.2 Å². The van der Waals surface area contributed by atoms with Gasteiger partial charge in [-0.1, -0.05) is 6.42 Å². The van der Waals surface area contributed by atoms with Crippen LogP contribution in [0.4, 0.5) is 5.82 Å². The fraction of sp³-hybridized carbons (Fsp3) is 0.562. The first-order valence-corrected chi connectivity index (χ1v) is 7.79. The van der Waals surface area contributed by atoms with E-state index in [0.717, 1.165) is 35.6 Å². The predicted octanol–water partition coefficient (Wildman–Crippen LogP) is 2.54. The number of nitrogens with one attached hydrogen (secondary N) is 1. The molecule has 0 bridgehead atoms. The van der Waals surface area contributed by atoms with Crippen LogP contribution in [-0.2, 0) is 0 Å². The molecule has 1 aliphatic rings. The first-order valence-electron chi connectivity index (χ1n) is 7.79. The molecular formula is C16H23N5. The minimum absolute atomic E-state index is 0.781. The summed E-state index contributed by atoms with van der Waals surface area (Å²) in [6.45, 7) is 8.54. The van der Waals surface area contributed by atoms with Gasteiger partial charge in [-0.05, 0) is 51.4 Å². The number of hydrogen-bond acceptors (Lipinski definition) is 5. The SMILES string of the molecule is Cc1cc(C)c2c(NCCN3CCCCC3)ncnc2n1. The fourth-order valence-corrected chi connectivity index (χ4v) is 3.06. The van der Waals surface area contributed by atoms with Gasteiger partial charge in [0.05, 0.1) is 5.39 Å². The van der Waals surface area contributed by atoms with Crippen LogP contribution in [0, 0.1) is 13.8 Å². The van der Waals surface area contributed by atoms with Crippen LogP contribution in [0.2, 0.25) is 0 Å². The van der Waals surface area contributed by atoms with Crippen molar-refractivity contribution in [2.24, 2.45) is 0 Å². The maximum Gasteiger partial charge on any atom is 0.165 e. The molecule has 1 saturated heterocycles. The molecule has 3 rings (SSSR count). The van der Waals surface area contributed by atoms with Crippen molar-refractivity contribution in [3.8, 4) is 0 Å². The Hall–Kier alpha value is -1.75. The molecule has 5 heteroatoms. The van der Waals surface area contributed by atoms with Crippen LogP contribution in [0.15, 0.2) is 12.4 Å². The van der Waals surface area contributed by atoms with E-state index in [1.807, 2.05) is 6.92 Å². The number of aryl methyl sites for hydroxylation is 2. The lowest BCUT2D eigenvalue weighted by molar-refractivity contribution is 0.237. The second kappa shape index (κ2) is 6.35. The quantitative estimate of drug-likeness (QED) is 0.935. The van der Waals surface area contributed by atoms with Crippen molar-refractivity contribution in [1.82, 2.24) is 19.9 Å². The molecule has 3 heterocycles. The molecule has 0 spiro atoms. The molecule has 2 aromatic rings. The maximum atomic E-state index is 4.49. The van der Waals surface area contributed by atoms with E-state index in [1.54, 1.807) is 6.33 Å². The van der Waals surface area contributed by atoms with Crippen molar-refractivity contribution in [2.45, 2.75) is 33.1 Å². The molecule has 0 saturated carbocycles. The normalized spacial score (nSPS) is 16.3. The third-order valence-corrected chi connectivity index (χ3v) is 4.10. The number of hydrogen-bond donors (Lipinski definition) is 1. The molecule has 0 unspecified atom stereocenters. The third-order valence-electron chi connectivity index (χ3n) is 4.10. The molecule has 1 aliphatic heterocycles. The number of rotatable bonds is 4. The Bertz CT molecular complexity index is 619. The molecule has 21 heavy (non-hydrogen) atoms. The van der Waals surface area contributed by atoms with Gasteiger partial charge >= 0.3 is 0 Å². The van der Waals surface area contributed by atoms with E-state index in [9.17, 15) is 0 Å². The van der Waals surface area contributed by atoms with Gasteiger partial charge in [-0.3, -0.25) is 0 Å². The number of fused-ring (bicyclic) bond motifs is 1. The molecule has 1 fully saturated rings. The standard InChI is InChI=1S/C16H23N5/c1-12-10-13(2)20-16-14(12)15(18-11-19-16)17-6-9-21-7-4-3-5-8-21/h10-11H,3-9H2,1-2H3,(H,17,18,19,20). The van der Waals surface area contributed by atoms with Crippen LogP contribution >= 0.6 is 0 Å². The van der Waals surface area contributed by atoms with Crippen LogP contribution < -0.4 is 5.32 Å². The van der Waals surface area contributed by atoms with E-state index >= 15 is 0 Å². The van der Waals surface area contributed by atoms with Crippen molar-refractivity contribution in [1.29, 1.82) is 0 Å². The van der Waals surface area contributed by atoms with Crippen LogP contribution in [0.3, 0.4) is 0 Å².